The molecule has 0 saturated carbocycles. The van der Waals surface area contributed by atoms with Crippen LogP contribution in [0.3, 0.4) is 0 Å². The third-order valence-corrected chi connectivity index (χ3v) is 6.24. The Kier molecular flexibility index (Phi) is 7.36. The van der Waals surface area contributed by atoms with Crippen LogP contribution in [-0.2, 0) is 16.2 Å². The van der Waals surface area contributed by atoms with Gasteiger partial charge in [-0.25, -0.2) is 0 Å². The standard InChI is InChI=1S/C19H11BrCl3NO5S/c20-12-3-9(5-15-18(27)24(7-16(25)26)19(28)30-15)4-14(23)17(12)29-8-10-1-2-11(21)6-13(10)22/h1-6H,7-8H2,(H,25,26)/b15-5+. The second kappa shape index (κ2) is 9.62. The maximum Gasteiger partial charge on any atom is 0.323 e. The van der Waals surface area contributed by atoms with Crippen LogP contribution in [0.15, 0.2) is 39.7 Å². The van der Waals surface area contributed by atoms with Crippen LogP contribution in [0.2, 0.25) is 15.1 Å². The molecule has 1 N–H and O–H groups in total. The number of carbonyl (C=O) groups excluding carboxylic acids is 2. The van der Waals surface area contributed by atoms with Crippen molar-refractivity contribution in [2.45, 2.75) is 6.61 Å². The molecule has 11 heteroatoms. The first-order chi connectivity index (χ1) is 14.2. The number of carboxylic acids is 1. The number of halogens is 4. The Morgan fingerprint density at radius 2 is 1.90 bits per heavy atom. The molecule has 1 aliphatic rings. The van der Waals surface area contributed by atoms with Gasteiger partial charge in [0, 0.05) is 15.6 Å². The van der Waals surface area contributed by atoms with Crippen LogP contribution in [0.4, 0.5) is 4.79 Å². The van der Waals surface area contributed by atoms with E-state index < -0.39 is 23.7 Å². The van der Waals surface area contributed by atoms with Crippen molar-refractivity contribution in [1.29, 1.82) is 0 Å². The van der Waals surface area contributed by atoms with Crippen molar-refractivity contribution in [2.24, 2.45) is 0 Å². The maximum atomic E-state index is 12.3. The van der Waals surface area contributed by atoms with Gasteiger partial charge in [0.2, 0.25) is 0 Å². The summed E-state index contributed by atoms with van der Waals surface area (Å²) in [4.78, 5) is 35.7. The summed E-state index contributed by atoms with van der Waals surface area (Å²) in [6.07, 6.45) is 1.46. The number of thioether (sulfide) groups is 1. The minimum absolute atomic E-state index is 0.103. The molecular formula is C19H11BrCl3NO5S. The first kappa shape index (κ1) is 23.0. The Labute approximate surface area is 198 Å². The SMILES string of the molecule is O=C(O)CN1C(=O)S/C(=C/c2cc(Cl)c(OCc3ccc(Cl)cc3Cl)c(Br)c2)C1=O. The van der Waals surface area contributed by atoms with Crippen molar-refractivity contribution in [1.82, 2.24) is 4.90 Å². The highest BCUT2D eigenvalue weighted by atomic mass is 79.9. The number of imide groups is 1. The number of hydrogen-bond donors (Lipinski definition) is 1. The number of hydrogen-bond acceptors (Lipinski definition) is 5. The minimum atomic E-state index is -1.27. The molecule has 1 saturated heterocycles. The fourth-order valence-corrected chi connectivity index (χ4v) is 4.80. The Morgan fingerprint density at radius 3 is 2.53 bits per heavy atom. The molecule has 0 bridgehead atoms. The molecule has 2 aromatic rings. The van der Waals surface area contributed by atoms with Crippen LogP contribution in [0, 0.1) is 0 Å². The zero-order valence-electron chi connectivity index (χ0n) is 14.8. The number of benzene rings is 2. The quantitative estimate of drug-likeness (QED) is 0.436. The van der Waals surface area contributed by atoms with Gasteiger partial charge < -0.3 is 9.84 Å². The molecule has 2 amide bonds. The third-order valence-electron chi connectivity index (χ3n) is 3.87. The Bertz CT molecular complexity index is 1070. The van der Waals surface area contributed by atoms with Crippen molar-refractivity contribution >= 4 is 85.7 Å². The number of nitrogens with zero attached hydrogens (tertiary/aromatic N) is 1. The lowest BCUT2D eigenvalue weighted by Gasteiger charge is -2.12. The lowest BCUT2D eigenvalue weighted by Crippen LogP contribution is -2.33. The maximum absolute atomic E-state index is 12.3. The molecule has 0 radical (unpaired) electrons. The number of carboxylic acid groups (broad SMARTS) is 1. The van der Waals surface area contributed by atoms with E-state index in [0.29, 0.717) is 42.5 Å². The van der Waals surface area contributed by atoms with Crippen LogP contribution in [0.25, 0.3) is 6.08 Å². The average Bonchev–Trinajstić information content (AvgIpc) is 2.89. The molecule has 0 aliphatic carbocycles. The Balaban J connectivity index is 1.79. The lowest BCUT2D eigenvalue weighted by molar-refractivity contribution is -0.140. The minimum Gasteiger partial charge on any atom is -0.486 e. The van der Waals surface area contributed by atoms with Crippen LogP contribution in [0.1, 0.15) is 11.1 Å². The fourth-order valence-electron chi connectivity index (χ4n) is 2.51. The lowest BCUT2D eigenvalue weighted by atomic mass is 10.2. The van der Waals surface area contributed by atoms with E-state index in [1.807, 2.05) is 0 Å². The first-order valence-corrected chi connectivity index (χ1v) is 10.9. The molecule has 1 aliphatic heterocycles. The summed E-state index contributed by atoms with van der Waals surface area (Å²) in [5.74, 6) is -1.57. The molecule has 0 aromatic heterocycles. The topological polar surface area (TPSA) is 83.9 Å². The van der Waals surface area contributed by atoms with E-state index in [4.69, 9.17) is 44.6 Å². The fraction of sp³-hybridized carbons (Fsp3) is 0.105. The van der Waals surface area contributed by atoms with Gasteiger partial charge in [-0.1, -0.05) is 40.9 Å². The van der Waals surface area contributed by atoms with Gasteiger partial charge in [-0.15, -0.1) is 0 Å². The molecule has 1 heterocycles. The van der Waals surface area contributed by atoms with E-state index in [0.717, 1.165) is 5.56 Å². The van der Waals surface area contributed by atoms with E-state index in [2.05, 4.69) is 15.9 Å². The smallest absolute Gasteiger partial charge is 0.323 e. The molecule has 0 unspecified atom stereocenters. The summed E-state index contributed by atoms with van der Waals surface area (Å²) in [5, 5.41) is 9.43. The molecule has 30 heavy (non-hydrogen) atoms. The molecule has 0 atom stereocenters. The molecule has 2 aromatic carbocycles. The number of amides is 2. The number of ether oxygens (including phenoxy) is 1. The first-order valence-electron chi connectivity index (χ1n) is 8.18. The molecule has 1 fully saturated rings. The van der Waals surface area contributed by atoms with Gasteiger partial charge in [-0.05, 0) is 63.6 Å². The van der Waals surface area contributed by atoms with E-state index in [-0.39, 0.29) is 16.5 Å². The van der Waals surface area contributed by atoms with Crippen LogP contribution in [-0.4, -0.2) is 33.7 Å². The highest BCUT2D eigenvalue weighted by molar-refractivity contribution is 9.10. The second-order valence-corrected chi connectivity index (χ2v) is 9.10. The highest BCUT2D eigenvalue weighted by Gasteiger charge is 2.36. The van der Waals surface area contributed by atoms with Crippen molar-refractivity contribution in [3.8, 4) is 5.75 Å². The number of carbonyl (C=O) groups is 3. The van der Waals surface area contributed by atoms with E-state index in [1.165, 1.54) is 6.08 Å². The van der Waals surface area contributed by atoms with Crippen LogP contribution < -0.4 is 4.74 Å². The molecule has 156 valence electrons. The Hall–Kier alpha value is -1.71. The summed E-state index contributed by atoms with van der Waals surface area (Å²) in [7, 11) is 0. The van der Waals surface area contributed by atoms with Crippen LogP contribution in [0.5, 0.6) is 5.75 Å². The zero-order valence-corrected chi connectivity index (χ0v) is 19.5. The summed E-state index contributed by atoms with van der Waals surface area (Å²) in [6.45, 7) is -0.533. The van der Waals surface area contributed by atoms with Gasteiger partial charge >= 0.3 is 5.97 Å². The van der Waals surface area contributed by atoms with Crippen molar-refractivity contribution in [3.05, 3.63) is 65.9 Å². The molecule has 3 rings (SSSR count). The number of rotatable bonds is 6. The normalized spacial score (nSPS) is 15.2. The van der Waals surface area contributed by atoms with E-state index >= 15 is 0 Å². The third kappa shape index (κ3) is 5.31. The summed E-state index contributed by atoms with van der Waals surface area (Å²) in [6, 6.07) is 8.28. The monoisotopic (exact) mass is 549 g/mol. The van der Waals surface area contributed by atoms with Gasteiger partial charge in [0.25, 0.3) is 11.1 Å². The molecule has 0 spiro atoms. The van der Waals surface area contributed by atoms with Gasteiger partial charge in [-0.3, -0.25) is 19.3 Å². The second-order valence-electron chi connectivity index (χ2n) is 6.00. The predicted octanol–water partition coefficient (Wildman–Crippen LogP) is 6.11. The molecule has 6 nitrogen and oxygen atoms in total. The van der Waals surface area contributed by atoms with Crippen molar-refractivity contribution in [3.63, 3.8) is 0 Å². The number of aliphatic carboxylic acids is 1. The van der Waals surface area contributed by atoms with Crippen LogP contribution >= 0.6 is 62.5 Å². The largest absolute Gasteiger partial charge is 0.486 e. The van der Waals surface area contributed by atoms with Gasteiger partial charge in [0.1, 0.15) is 13.2 Å². The average molecular weight is 552 g/mol. The van der Waals surface area contributed by atoms with Gasteiger partial charge in [-0.2, -0.15) is 0 Å². The van der Waals surface area contributed by atoms with E-state index in [9.17, 15) is 14.4 Å². The van der Waals surface area contributed by atoms with Gasteiger partial charge in [0.15, 0.2) is 5.75 Å². The van der Waals surface area contributed by atoms with Crippen molar-refractivity contribution in [2.75, 3.05) is 6.54 Å². The highest BCUT2D eigenvalue weighted by Crippen LogP contribution is 2.38. The molecular weight excluding hydrogens is 541 g/mol. The van der Waals surface area contributed by atoms with Gasteiger partial charge in [0.05, 0.1) is 14.4 Å². The summed E-state index contributed by atoms with van der Waals surface area (Å²) >= 11 is 22.4. The van der Waals surface area contributed by atoms with E-state index in [1.54, 1.807) is 30.3 Å². The zero-order chi connectivity index (χ0) is 22.0. The predicted molar refractivity (Wildman–Crippen MR) is 120 cm³/mol. The summed E-state index contributed by atoms with van der Waals surface area (Å²) < 4.78 is 6.30. The summed E-state index contributed by atoms with van der Waals surface area (Å²) in [5.41, 5.74) is 1.25. The van der Waals surface area contributed by atoms with Crippen molar-refractivity contribution < 1.29 is 24.2 Å². The Morgan fingerprint density at radius 1 is 1.17 bits per heavy atom.